The number of amides is 1. The number of nitro groups is 1. The quantitative estimate of drug-likeness (QED) is 0.0649. The summed E-state index contributed by atoms with van der Waals surface area (Å²) in [6, 6.07) is 26.4. The van der Waals surface area contributed by atoms with Gasteiger partial charge < -0.3 is 14.7 Å². The fourth-order valence-electron chi connectivity index (χ4n) is 5.75. The molecule has 0 aliphatic carbocycles. The maximum Gasteiger partial charge on any atom is 0.269 e. The number of benzene rings is 3. The fraction of sp³-hybridized carbons (Fsp3) is 0.286. The lowest BCUT2D eigenvalue weighted by Crippen LogP contribution is -2.48. The van der Waals surface area contributed by atoms with E-state index in [1.165, 1.54) is 29.5 Å². The van der Waals surface area contributed by atoms with Crippen molar-refractivity contribution in [2.24, 2.45) is 0 Å². The summed E-state index contributed by atoms with van der Waals surface area (Å²) in [4.78, 5) is 41.9. The second kappa shape index (κ2) is 15.4. The molecule has 1 amide bonds. The van der Waals surface area contributed by atoms with Crippen LogP contribution in [-0.2, 0) is 5.75 Å². The van der Waals surface area contributed by atoms with Crippen LogP contribution in [0.5, 0.6) is 0 Å². The normalized spacial score (nSPS) is 15.7. The van der Waals surface area contributed by atoms with Gasteiger partial charge in [-0.1, -0.05) is 78.0 Å². The van der Waals surface area contributed by atoms with Crippen LogP contribution in [-0.4, -0.2) is 89.5 Å². The zero-order valence-corrected chi connectivity index (χ0v) is 27.5. The summed E-state index contributed by atoms with van der Waals surface area (Å²) in [5.74, 6) is 1.44. The largest absolute Gasteiger partial charge is 0.368 e. The zero-order valence-electron chi connectivity index (χ0n) is 26.0. The van der Waals surface area contributed by atoms with Crippen LogP contribution in [0, 0.1) is 10.1 Å². The molecule has 0 spiro atoms. The lowest BCUT2D eigenvalue weighted by Gasteiger charge is -2.36. The van der Waals surface area contributed by atoms with Crippen LogP contribution >= 0.6 is 23.4 Å². The van der Waals surface area contributed by atoms with Crippen LogP contribution in [0.15, 0.2) is 96.2 Å². The van der Waals surface area contributed by atoms with Gasteiger partial charge in [-0.3, -0.25) is 19.8 Å². The molecule has 0 atom stereocenters. The Labute approximate surface area is 283 Å². The number of hydrogen-bond donors (Lipinski definition) is 0. The highest BCUT2D eigenvalue weighted by molar-refractivity contribution is 7.98. The Hall–Kier alpha value is -4.45. The first-order valence-electron chi connectivity index (χ1n) is 15.7. The maximum absolute atomic E-state index is 13.4. The van der Waals surface area contributed by atoms with Gasteiger partial charge in [0.25, 0.3) is 11.6 Å². The van der Waals surface area contributed by atoms with Crippen LogP contribution < -0.4 is 9.80 Å². The van der Waals surface area contributed by atoms with Gasteiger partial charge in [-0.05, 0) is 35.4 Å². The number of anilines is 2. The minimum Gasteiger partial charge on any atom is -0.368 e. The number of rotatable bonds is 10. The summed E-state index contributed by atoms with van der Waals surface area (Å²) in [5.41, 5.74) is 3.85. The molecule has 2 aliphatic heterocycles. The number of aromatic nitrogens is 2. The molecule has 2 saturated heterocycles. The number of carbonyl (C=O) groups excluding carboxylic acids is 1. The van der Waals surface area contributed by atoms with Crippen molar-refractivity contribution >= 4 is 52.5 Å². The molecule has 3 heterocycles. The Morgan fingerprint density at radius 3 is 2.30 bits per heavy atom. The summed E-state index contributed by atoms with van der Waals surface area (Å²) in [7, 11) is 0. The molecule has 0 unspecified atom stereocenters. The van der Waals surface area contributed by atoms with Crippen molar-refractivity contribution in [3.63, 3.8) is 0 Å². The first kappa shape index (κ1) is 32.5. The van der Waals surface area contributed by atoms with Crippen LogP contribution in [0.4, 0.5) is 17.2 Å². The molecule has 0 radical (unpaired) electrons. The number of hydrogen-bond acceptors (Lipinski definition) is 9. The first-order valence-corrected chi connectivity index (χ1v) is 17.0. The third kappa shape index (κ3) is 8.68. The van der Waals surface area contributed by atoms with Crippen LogP contribution in [0.2, 0.25) is 5.15 Å². The van der Waals surface area contributed by atoms with Crippen LogP contribution in [0.3, 0.4) is 0 Å². The summed E-state index contributed by atoms with van der Waals surface area (Å²) >= 11 is 7.94. The summed E-state index contributed by atoms with van der Waals surface area (Å²) in [5, 5.41) is 12.0. The van der Waals surface area contributed by atoms with E-state index in [2.05, 4.69) is 56.1 Å². The molecule has 1 aromatic heterocycles. The van der Waals surface area contributed by atoms with Crippen molar-refractivity contribution in [3.05, 3.63) is 123 Å². The minimum atomic E-state index is -0.400. The van der Waals surface area contributed by atoms with Crippen molar-refractivity contribution in [1.82, 2.24) is 19.8 Å². The standard InChI is InChI=1S/C35H36ClN7O3S/c36-32-25-33(41-18-16-39(17-19-41)15-5-9-27-6-2-1-3-7-27)38-35(37-32)47-26-28-8-4-10-29(24-28)34(44)42-22-20-40(21-23-42)30-11-13-31(14-12-30)43(45)46/h1-14,24-25H,15-23,26H2/b9-5+. The molecule has 2 aliphatic rings. The number of carbonyl (C=O) groups is 1. The summed E-state index contributed by atoms with van der Waals surface area (Å²) in [6.07, 6.45) is 4.38. The Morgan fingerprint density at radius 2 is 1.57 bits per heavy atom. The van der Waals surface area contributed by atoms with E-state index in [0.29, 0.717) is 47.8 Å². The molecule has 242 valence electrons. The number of piperazine rings is 2. The molecule has 6 rings (SSSR count). The van der Waals surface area contributed by atoms with Crippen molar-refractivity contribution in [3.8, 4) is 0 Å². The lowest BCUT2D eigenvalue weighted by atomic mass is 10.1. The van der Waals surface area contributed by atoms with Gasteiger partial charge >= 0.3 is 0 Å². The third-order valence-corrected chi connectivity index (χ3v) is 9.48. The Morgan fingerprint density at radius 1 is 0.851 bits per heavy atom. The first-order chi connectivity index (χ1) is 22.9. The second-order valence-corrected chi connectivity index (χ2v) is 12.8. The van der Waals surface area contributed by atoms with E-state index in [1.54, 1.807) is 12.1 Å². The molecule has 2 fully saturated rings. The van der Waals surface area contributed by atoms with E-state index in [9.17, 15) is 14.9 Å². The van der Waals surface area contributed by atoms with E-state index >= 15 is 0 Å². The van der Waals surface area contributed by atoms with Gasteiger partial charge in [-0.15, -0.1) is 0 Å². The molecule has 0 N–H and O–H groups in total. The number of thioether (sulfide) groups is 1. The molecular formula is C35H36ClN7O3S. The van der Waals surface area contributed by atoms with E-state index in [1.807, 2.05) is 41.3 Å². The average molecular weight is 670 g/mol. The lowest BCUT2D eigenvalue weighted by molar-refractivity contribution is -0.384. The predicted molar refractivity (Wildman–Crippen MR) is 188 cm³/mol. The molecule has 4 aromatic rings. The van der Waals surface area contributed by atoms with Crippen LogP contribution in [0.1, 0.15) is 21.5 Å². The highest BCUT2D eigenvalue weighted by Crippen LogP contribution is 2.26. The molecular weight excluding hydrogens is 634 g/mol. The predicted octanol–water partition coefficient (Wildman–Crippen LogP) is 6.13. The van der Waals surface area contributed by atoms with Crippen molar-refractivity contribution in [2.45, 2.75) is 10.9 Å². The number of nitro benzene ring substituents is 1. The maximum atomic E-state index is 13.4. The van der Waals surface area contributed by atoms with Crippen molar-refractivity contribution < 1.29 is 9.72 Å². The Kier molecular flexibility index (Phi) is 10.7. The molecule has 10 nitrogen and oxygen atoms in total. The van der Waals surface area contributed by atoms with Gasteiger partial charge in [0.15, 0.2) is 5.16 Å². The van der Waals surface area contributed by atoms with E-state index in [0.717, 1.165) is 49.8 Å². The molecule has 3 aromatic carbocycles. The van der Waals surface area contributed by atoms with Crippen LogP contribution in [0.25, 0.3) is 6.08 Å². The highest BCUT2D eigenvalue weighted by Gasteiger charge is 2.23. The van der Waals surface area contributed by atoms with E-state index in [-0.39, 0.29) is 11.6 Å². The van der Waals surface area contributed by atoms with Gasteiger partial charge in [0.05, 0.1) is 4.92 Å². The third-order valence-electron chi connectivity index (χ3n) is 8.37. The zero-order chi connectivity index (χ0) is 32.6. The Bertz CT molecular complexity index is 1710. The van der Waals surface area contributed by atoms with E-state index in [4.69, 9.17) is 16.6 Å². The van der Waals surface area contributed by atoms with Gasteiger partial charge in [-0.25, -0.2) is 9.97 Å². The fourth-order valence-corrected chi connectivity index (χ4v) is 6.78. The molecule has 0 bridgehead atoms. The smallest absolute Gasteiger partial charge is 0.269 e. The van der Waals surface area contributed by atoms with Gasteiger partial charge in [-0.2, -0.15) is 0 Å². The minimum absolute atomic E-state index is 0.00353. The highest BCUT2D eigenvalue weighted by atomic mass is 35.5. The average Bonchev–Trinajstić information content (AvgIpc) is 3.11. The SMILES string of the molecule is O=C(c1cccc(CSc2nc(Cl)cc(N3CCN(C/C=C/c4ccccc4)CC3)n2)c1)N1CCN(c2ccc([N+](=O)[O-])cc2)CC1. The summed E-state index contributed by atoms with van der Waals surface area (Å²) in [6.45, 7) is 6.99. The van der Waals surface area contributed by atoms with Crippen molar-refractivity contribution in [1.29, 1.82) is 0 Å². The van der Waals surface area contributed by atoms with Gasteiger partial charge in [0.2, 0.25) is 0 Å². The molecule has 0 saturated carbocycles. The number of non-ortho nitro benzene ring substituents is 1. The second-order valence-electron chi connectivity index (χ2n) is 11.5. The summed E-state index contributed by atoms with van der Waals surface area (Å²) < 4.78 is 0. The van der Waals surface area contributed by atoms with Crippen molar-refractivity contribution in [2.75, 3.05) is 68.7 Å². The Balaban J connectivity index is 0.995. The monoisotopic (exact) mass is 669 g/mol. The topological polar surface area (TPSA) is 99.0 Å². The van der Waals surface area contributed by atoms with E-state index < -0.39 is 4.92 Å². The number of halogens is 1. The van der Waals surface area contributed by atoms with Gasteiger partial charge in [0.1, 0.15) is 11.0 Å². The molecule has 47 heavy (non-hydrogen) atoms. The van der Waals surface area contributed by atoms with Gasteiger partial charge in [0, 0.05) is 94.1 Å². The number of nitrogens with zero attached hydrogens (tertiary/aromatic N) is 7. The molecule has 12 heteroatoms.